The summed E-state index contributed by atoms with van der Waals surface area (Å²) in [6, 6.07) is 0. The Balaban J connectivity index is 4.17. The second kappa shape index (κ2) is 8.86. The molecule has 0 aromatic carbocycles. The molecule has 0 radical (unpaired) electrons. The standard InChI is InChI=1S/C12H29N3O3S/c1-6-8-13-9-7-10-15(4)19(16,17)14-12(2,3)11-18-5/h13-14H,6-11H2,1-5H3. The van der Waals surface area contributed by atoms with Crippen LogP contribution in [0.3, 0.4) is 0 Å². The normalized spacial score (nSPS) is 13.2. The first kappa shape index (κ1) is 18.8. The summed E-state index contributed by atoms with van der Waals surface area (Å²) >= 11 is 0. The van der Waals surface area contributed by atoms with E-state index in [0.29, 0.717) is 13.2 Å². The minimum atomic E-state index is -3.46. The Morgan fingerprint density at radius 3 is 2.42 bits per heavy atom. The molecule has 0 heterocycles. The molecule has 0 unspecified atom stereocenters. The van der Waals surface area contributed by atoms with Crippen LogP contribution in [-0.4, -0.2) is 58.7 Å². The number of nitrogens with one attached hydrogen (secondary N) is 2. The fraction of sp³-hybridized carbons (Fsp3) is 1.00. The summed E-state index contributed by atoms with van der Waals surface area (Å²) in [5.41, 5.74) is -0.609. The third kappa shape index (κ3) is 8.54. The second-order valence-electron chi connectivity index (χ2n) is 5.35. The van der Waals surface area contributed by atoms with E-state index < -0.39 is 15.7 Å². The van der Waals surface area contributed by atoms with Gasteiger partial charge in [-0.15, -0.1) is 0 Å². The third-order valence-electron chi connectivity index (χ3n) is 2.57. The molecule has 0 amide bonds. The molecule has 0 fully saturated rings. The predicted octanol–water partition coefficient (Wildman–Crippen LogP) is 0.567. The molecular weight excluding hydrogens is 266 g/mol. The van der Waals surface area contributed by atoms with Gasteiger partial charge in [0.2, 0.25) is 0 Å². The van der Waals surface area contributed by atoms with Crippen molar-refractivity contribution in [3.63, 3.8) is 0 Å². The van der Waals surface area contributed by atoms with Gasteiger partial charge < -0.3 is 10.1 Å². The monoisotopic (exact) mass is 295 g/mol. The second-order valence-corrected chi connectivity index (χ2v) is 7.13. The summed E-state index contributed by atoms with van der Waals surface area (Å²) < 4.78 is 33.1. The maximum absolute atomic E-state index is 12.1. The van der Waals surface area contributed by atoms with Crippen molar-refractivity contribution >= 4 is 10.2 Å². The highest BCUT2D eigenvalue weighted by molar-refractivity contribution is 7.87. The highest BCUT2D eigenvalue weighted by Crippen LogP contribution is 2.07. The number of hydrogen-bond donors (Lipinski definition) is 2. The van der Waals surface area contributed by atoms with Crippen molar-refractivity contribution < 1.29 is 13.2 Å². The van der Waals surface area contributed by atoms with Gasteiger partial charge in [-0.1, -0.05) is 6.92 Å². The van der Waals surface area contributed by atoms with Crippen LogP contribution in [-0.2, 0) is 14.9 Å². The highest BCUT2D eigenvalue weighted by atomic mass is 32.2. The molecule has 2 N–H and O–H groups in total. The summed E-state index contributed by atoms with van der Waals surface area (Å²) in [7, 11) is -0.314. The highest BCUT2D eigenvalue weighted by Gasteiger charge is 2.27. The minimum absolute atomic E-state index is 0.331. The Hall–Kier alpha value is -0.210. The lowest BCUT2D eigenvalue weighted by molar-refractivity contribution is 0.140. The third-order valence-corrected chi connectivity index (χ3v) is 4.39. The summed E-state index contributed by atoms with van der Waals surface area (Å²) in [6.45, 7) is 8.32. The van der Waals surface area contributed by atoms with E-state index in [-0.39, 0.29) is 0 Å². The van der Waals surface area contributed by atoms with Gasteiger partial charge in [0.1, 0.15) is 0 Å². The Labute approximate surface area is 118 Å². The maximum Gasteiger partial charge on any atom is 0.279 e. The largest absolute Gasteiger partial charge is 0.383 e. The average Bonchev–Trinajstić information content (AvgIpc) is 2.26. The van der Waals surface area contributed by atoms with Gasteiger partial charge in [0, 0.05) is 20.7 Å². The van der Waals surface area contributed by atoms with Gasteiger partial charge in [-0.25, -0.2) is 0 Å². The lowest BCUT2D eigenvalue weighted by Gasteiger charge is -2.28. The molecule has 116 valence electrons. The van der Waals surface area contributed by atoms with Gasteiger partial charge >= 0.3 is 0 Å². The summed E-state index contributed by atoms with van der Waals surface area (Å²) in [5, 5.41) is 3.25. The minimum Gasteiger partial charge on any atom is -0.383 e. The predicted molar refractivity (Wildman–Crippen MR) is 78.4 cm³/mol. The van der Waals surface area contributed by atoms with Gasteiger partial charge in [-0.3, -0.25) is 0 Å². The molecule has 0 rings (SSSR count). The van der Waals surface area contributed by atoms with Gasteiger partial charge in [0.05, 0.1) is 12.1 Å². The molecule has 0 atom stereocenters. The maximum atomic E-state index is 12.1. The van der Waals surface area contributed by atoms with Crippen molar-refractivity contribution in [2.24, 2.45) is 0 Å². The van der Waals surface area contributed by atoms with Crippen LogP contribution in [0.5, 0.6) is 0 Å². The molecule has 19 heavy (non-hydrogen) atoms. The Bertz CT molecular complexity index is 331. The van der Waals surface area contributed by atoms with E-state index in [4.69, 9.17) is 4.74 Å². The van der Waals surface area contributed by atoms with E-state index >= 15 is 0 Å². The first-order valence-electron chi connectivity index (χ1n) is 6.70. The molecule has 0 aliphatic carbocycles. The van der Waals surface area contributed by atoms with Gasteiger partial charge in [0.25, 0.3) is 10.2 Å². The smallest absolute Gasteiger partial charge is 0.279 e. The topological polar surface area (TPSA) is 70.7 Å². The first-order valence-corrected chi connectivity index (χ1v) is 8.14. The van der Waals surface area contributed by atoms with Crippen LogP contribution < -0.4 is 10.0 Å². The van der Waals surface area contributed by atoms with Crippen molar-refractivity contribution in [1.82, 2.24) is 14.3 Å². The van der Waals surface area contributed by atoms with Crippen molar-refractivity contribution in [3.05, 3.63) is 0 Å². The molecule has 0 aromatic heterocycles. The van der Waals surface area contributed by atoms with Crippen molar-refractivity contribution in [2.75, 3.05) is 40.4 Å². The van der Waals surface area contributed by atoms with E-state index in [9.17, 15) is 8.42 Å². The fourth-order valence-electron chi connectivity index (χ4n) is 1.67. The lowest BCUT2D eigenvalue weighted by Crippen LogP contribution is -2.51. The van der Waals surface area contributed by atoms with E-state index in [0.717, 1.165) is 25.9 Å². The summed E-state index contributed by atoms with van der Waals surface area (Å²) in [6.07, 6.45) is 1.88. The van der Waals surface area contributed by atoms with Gasteiger partial charge in [-0.05, 0) is 39.8 Å². The Kier molecular flexibility index (Phi) is 8.76. The first-order chi connectivity index (χ1) is 8.75. The number of rotatable bonds is 11. The van der Waals surface area contributed by atoms with Crippen LogP contribution in [0.15, 0.2) is 0 Å². The van der Waals surface area contributed by atoms with E-state index in [1.807, 2.05) is 0 Å². The van der Waals surface area contributed by atoms with Crippen LogP contribution in [0.1, 0.15) is 33.6 Å². The number of nitrogens with zero attached hydrogens (tertiary/aromatic N) is 1. The van der Waals surface area contributed by atoms with Crippen LogP contribution >= 0.6 is 0 Å². The molecule has 0 bridgehead atoms. The quantitative estimate of drug-likeness (QED) is 0.547. The van der Waals surface area contributed by atoms with Crippen LogP contribution in [0, 0.1) is 0 Å². The average molecular weight is 295 g/mol. The number of ether oxygens (including phenoxy) is 1. The zero-order valence-electron chi connectivity index (χ0n) is 12.8. The molecular formula is C12H29N3O3S. The zero-order valence-corrected chi connectivity index (χ0v) is 13.6. The molecule has 0 aliphatic rings. The SMILES string of the molecule is CCCNCCCN(C)S(=O)(=O)NC(C)(C)COC. The Morgan fingerprint density at radius 1 is 1.26 bits per heavy atom. The zero-order chi connectivity index (χ0) is 14.9. The van der Waals surface area contributed by atoms with Crippen molar-refractivity contribution in [2.45, 2.75) is 39.2 Å². The van der Waals surface area contributed by atoms with Gasteiger partial charge in [-0.2, -0.15) is 17.4 Å². The molecule has 0 aliphatic heterocycles. The molecule has 6 nitrogen and oxygen atoms in total. The van der Waals surface area contributed by atoms with Crippen LogP contribution in [0.4, 0.5) is 0 Å². The number of hydrogen-bond acceptors (Lipinski definition) is 4. The Morgan fingerprint density at radius 2 is 1.89 bits per heavy atom. The van der Waals surface area contributed by atoms with Crippen LogP contribution in [0.2, 0.25) is 0 Å². The molecule has 0 aromatic rings. The van der Waals surface area contributed by atoms with Crippen molar-refractivity contribution in [3.8, 4) is 0 Å². The van der Waals surface area contributed by atoms with Gasteiger partial charge in [0.15, 0.2) is 0 Å². The van der Waals surface area contributed by atoms with E-state index in [1.165, 1.54) is 4.31 Å². The molecule has 0 spiro atoms. The lowest BCUT2D eigenvalue weighted by atomic mass is 10.1. The van der Waals surface area contributed by atoms with E-state index in [2.05, 4.69) is 17.0 Å². The van der Waals surface area contributed by atoms with E-state index in [1.54, 1.807) is 28.0 Å². The van der Waals surface area contributed by atoms with Crippen molar-refractivity contribution in [1.29, 1.82) is 0 Å². The molecule has 0 saturated carbocycles. The summed E-state index contributed by atoms with van der Waals surface area (Å²) in [5.74, 6) is 0. The fourth-order valence-corrected chi connectivity index (χ4v) is 2.95. The number of methoxy groups -OCH3 is 1. The van der Waals surface area contributed by atoms with Crippen LogP contribution in [0.25, 0.3) is 0 Å². The summed E-state index contributed by atoms with van der Waals surface area (Å²) in [4.78, 5) is 0. The molecule has 0 saturated heterocycles. The molecule has 7 heteroatoms.